The summed E-state index contributed by atoms with van der Waals surface area (Å²) in [5.41, 5.74) is 0.926. The second-order valence-corrected chi connectivity index (χ2v) is 5.58. The molecule has 1 heterocycles. The van der Waals surface area contributed by atoms with Crippen molar-refractivity contribution in [3.63, 3.8) is 0 Å². The molecule has 2 rings (SSSR count). The minimum absolute atomic E-state index is 0.238. The summed E-state index contributed by atoms with van der Waals surface area (Å²) in [6, 6.07) is 9.34. The molecule has 2 aromatic rings. The van der Waals surface area contributed by atoms with Gasteiger partial charge in [-0.2, -0.15) is 5.10 Å². The van der Waals surface area contributed by atoms with E-state index in [0.717, 1.165) is 11.9 Å². The topological polar surface area (TPSA) is 64.8 Å². The molecule has 0 radical (unpaired) electrons. The first-order valence-corrected chi connectivity index (χ1v) is 6.75. The second-order valence-electron chi connectivity index (χ2n) is 3.12. The Kier molecular flexibility index (Phi) is 2.93. The molecule has 16 heavy (non-hydrogen) atoms. The lowest BCUT2D eigenvalue weighted by Crippen LogP contribution is -2.08. The van der Waals surface area contributed by atoms with Crippen molar-refractivity contribution in [2.75, 3.05) is 0 Å². The van der Waals surface area contributed by atoms with Gasteiger partial charge in [0, 0.05) is 10.7 Å². The van der Waals surface area contributed by atoms with Crippen LogP contribution < -0.4 is 0 Å². The predicted octanol–water partition coefficient (Wildman–Crippen LogP) is 1.25. The summed E-state index contributed by atoms with van der Waals surface area (Å²) in [6.45, 7) is 0.322. The zero-order valence-corrected chi connectivity index (χ0v) is 9.69. The summed E-state index contributed by atoms with van der Waals surface area (Å²) in [7, 11) is 1.37. The molecule has 0 spiro atoms. The first-order valence-electron chi connectivity index (χ1n) is 4.44. The van der Waals surface area contributed by atoms with Gasteiger partial charge in [-0.25, -0.2) is 18.1 Å². The molecule has 5 nitrogen and oxygen atoms in total. The quantitative estimate of drug-likeness (QED) is 0.777. The van der Waals surface area contributed by atoms with Gasteiger partial charge in [0.2, 0.25) is 0 Å². The molecule has 1 aromatic heterocycles. The second kappa shape index (κ2) is 4.23. The van der Waals surface area contributed by atoms with E-state index in [9.17, 15) is 8.42 Å². The summed E-state index contributed by atoms with van der Waals surface area (Å²) < 4.78 is 23.5. The number of hydrogen-bond acceptors (Lipinski definition) is 4. The minimum Gasteiger partial charge on any atom is -0.231 e. The third-order valence-corrected chi connectivity index (χ3v) is 3.14. The van der Waals surface area contributed by atoms with E-state index < -0.39 is 9.05 Å². The maximum absolute atomic E-state index is 11.1. The molecule has 0 aliphatic carbocycles. The monoisotopic (exact) mass is 257 g/mol. The van der Waals surface area contributed by atoms with Crippen LogP contribution in [-0.2, 0) is 15.6 Å². The number of rotatable bonds is 3. The van der Waals surface area contributed by atoms with Crippen LogP contribution in [0.25, 0.3) is 0 Å². The molecule has 0 amide bonds. The molecule has 7 heteroatoms. The summed E-state index contributed by atoms with van der Waals surface area (Å²) in [6.07, 6.45) is 1.16. The van der Waals surface area contributed by atoms with Crippen molar-refractivity contribution < 1.29 is 8.42 Å². The first kappa shape index (κ1) is 11.1. The van der Waals surface area contributed by atoms with Crippen molar-refractivity contribution in [1.29, 1.82) is 0 Å². The third-order valence-electron chi connectivity index (χ3n) is 1.97. The highest BCUT2D eigenvalue weighted by atomic mass is 35.7. The van der Waals surface area contributed by atoms with E-state index in [-0.39, 0.29) is 5.16 Å². The summed E-state index contributed by atoms with van der Waals surface area (Å²) >= 11 is 0. The lowest BCUT2D eigenvalue weighted by Gasteiger charge is -2.03. The van der Waals surface area contributed by atoms with Gasteiger partial charge in [-0.3, -0.25) is 0 Å². The van der Waals surface area contributed by atoms with E-state index in [0.29, 0.717) is 6.54 Å². The highest BCUT2D eigenvalue weighted by Crippen LogP contribution is 2.12. The molecule has 0 saturated carbocycles. The Bertz CT molecular complexity index is 580. The van der Waals surface area contributed by atoms with Gasteiger partial charge >= 0.3 is 0 Å². The van der Waals surface area contributed by atoms with Crippen LogP contribution in [0.2, 0.25) is 0 Å². The number of nitrogens with zero attached hydrogens (tertiary/aromatic N) is 3. The van der Waals surface area contributed by atoms with Crippen LogP contribution in [0.1, 0.15) is 5.56 Å². The van der Waals surface area contributed by atoms with Crippen molar-refractivity contribution in [3.8, 4) is 0 Å². The van der Waals surface area contributed by atoms with Crippen molar-refractivity contribution in [2.45, 2.75) is 11.7 Å². The Balaban J connectivity index is 2.34. The van der Waals surface area contributed by atoms with Gasteiger partial charge in [0.25, 0.3) is 14.2 Å². The number of aromatic nitrogens is 3. The molecule has 0 unspecified atom stereocenters. The van der Waals surface area contributed by atoms with E-state index in [2.05, 4.69) is 10.1 Å². The predicted molar refractivity (Wildman–Crippen MR) is 58.6 cm³/mol. The molecular formula is C9H8ClN3O2S. The largest absolute Gasteiger partial charge is 0.296 e. The summed E-state index contributed by atoms with van der Waals surface area (Å²) in [5.74, 6) is 0. The van der Waals surface area contributed by atoms with Gasteiger partial charge in [-0.05, 0) is 5.56 Å². The SMILES string of the molecule is O=S(=O)(Cl)c1ncnn1Cc1ccccc1. The smallest absolute Gasteiger partial charge is 0.231 e. The molecule has 84 valence electrons. The highest BCUT2D eigenvalue weighted by Gasteiger charge is 2.18. The molecule has 0 bridgehead atoms. The fourth-order valence-electron chi connectivity index (χ4n) is 1.31. The van der Waals surface area contributed by atoms with E-state index in [1.165, 1.54) is 4.68 Å². The van der Waals surface area contributed by atoms with Gasteiger partial charge in [0.15, 0.2) is 0 Å². The van der Waals surface area contributed by atoms with Crippen LogP contribution in [-0.4, -0.2) is 23.2 Å². The van der Waals surface area contributed by atoms with E-state index in [1.54, 1.807) is 0 Å². The Morgan fingerprint density at radius 3 is 2.56 bits per heavy atom. The van der Waals surface area contributed by atoms with Gasteiger partial charge in [0.1, 0.15) is 6.33 Å². The lowest BCUT2D eigenvalue weighted by atomic mass is 10.2. The maximum atomic E-state index is 11.1. The van der Waals surface area contributed by atoms with E-state index >= 15 is 0 Å². The van der Waals surface area contributed by atoms with Crippen LogP contribution in [0.3, 0.4) is 0 Å². The van der Waals surface area contributed by atoms with Crippen LogP contribution in [0, 0.1) is 0 Å². The number of hydrogen-bond donors (Lipinski definition) is 0. The van der Waals surface area contributed by atoms with Gasteiger partial charge in [-0.15, -0.1) is 0 Å². The fraction of sp³-hybridized carbons (Fsp3) is 0.111. The molecule has 0 aliphatic heterocycles. The number of benzene rings is 1. The number of halogens is 1. The van der Waals surface area contributed by atoms with Crippen molar-refractivity contribution in [3.05, 3.63) is 42.2 Å². The third kappa shape index (κ3) is 2.40. The van der Waals surface area contributed by atoms with Crippen LogP contribution >= 0.6 is 10.7 Å². The maximum Gasteiger partial charge on any atom is 0.296 e. The normalized spacial score (nSPS) is 11.6. The van der Waals surface area contributed by atoms with Crippen LogP contribution in [0.4, 0.5) is 0 Å². The molecule has 0 atom stereocenters. The van der Waals surface area contributed by atoms with Crippen molar-refractivity contribution in [2.24, 2.45) is 0 Å². The lowest BCUT2D eigenvalue weighted by molar-refractivity contribution is 0.565. The van der Waals surface area contributed by atoms with Crippen molar-refractivity contribution >= 4 is 19.7 Å². The Hall–Kier alpha value is -1.40. The molecular weight excluding hydrogens is 250 g/mol. The summed E-state index contributed by atoms with van der Waals surface area (Å²) in [5, 5.41) is 3.58. The first-order chi connectivity index (χ1) is 7.57. The van der Waals surface area contributed by atoms with Gasteiger partial charge in [0.05, 0.1) is 6.54 Å². The standard InChI is InChI=1S/C9H8ClN3O2S/c10-16(14,15)9-11-7-12-13(9)6-8-4-2-1-3-5-8/h1-5,7H,6H2. The molecule has 0 N–H and O–H groups in total. The van der Waals surface area contributed by atoms with Crippen LogP contribution in [0.5, 0.6) is 0 Å². The average Bonchev–Trinajstić information content (AvgIpc) is 2.67. The molecule has 0 aliphatic rings. The zero-order valence-electron chi connectivity index (χ0n) is 8.12. The Morgan fingerprint density at radius 1 is 1.25 bits per heavy atom. The Labute approximate surface area is 97.1 Å². The van der Waals surface area contributed by atoms with Gasteiger partial charge in [-0.1, -0.05) is 30.3 Å². The zero-order chi connectivity index (χ0) is 11.6. The highest BCUT2D eigenvalue weighted by molar-refractivity contribution is 8.13. The molecule has 0 saturated heterocycles. The molecule has 0 fully saturated rings. The average molecular weight is 258 g/mol. The van der Waals surface area contributed by atoms with Gasteiger partial charge < -0.3 is 0 Å². The van der Waals surface area contributed by atoms with Crippen molar-refractivity contribution in [1.82, 2.24) is 14.8 Å². The fourth-order valence-corrected chi connectivity index (χ4v) is 2.20. The summed E-state index contributed by atoms with van der Waals surface area (Å²) in [4.78, 5) is 3.62. The minimum atomic E-state index is -3.85. The Morgan fingerprint density at radius 2 is 1.94 bits per heavy atom. The molecule has 1 aromatic carbocycles. The van der Waals surface area contributed by atoms with Crippen LogP contribution in [0.15, 0.2) is 41.8 Å². The van der Waals surface area contributed by atoms with E-state index in [4.69, 9.17) is 10.7 Å². The van der Waals surface area contributed by atoms with E-state index in [1.807, 2.05) is 30.3 Å².